The summed E-state index contributed by atoms with van der Waals surface area (Å²) in [4.78, 5) is 0. The van der Waals surface area contributed by atoms with Crippen LogP contribution >= 0.6 is 23.2 Å². The van der Waals surface area contributed by atoms with Gasteiger partial charge in [-0.05, 0) is 30.0 Å². The number of hydrogen-bond acceptors (Lipinski definition) is 1. The van der Waals surface area contributed by atoms with Crippen LogP contribution < -0.4 is 5.73 Å². The lowest BCUT2D eigenvalue weighted by atomic mass is 10.0. The van der Waals surface area contributed by atoms with Crippen LogP contribution in [0.25, 0.3) is 0 Å². The molecule has 0 aliphatic heterocycles. The van der Waals surface area contributed by atoms with Gasteiger partial charge in [-0.3, -0.25) is 0 Å². The van der Waals surface area contributed by atoms with Gasteiger partial charge in [0.05, 0.1) is 0 Å². The van der Waals surface area contributed by atoms with E-state index in [2.05, 4.69) is 6.92 Å². The summed E-state index contributed by atoms with van der Waals surface area (Å²) in [5.41, 5.74) is 7.09. The van der Waals surface area contributed by atoms with E-state index in [4.69, 9.17) is 28.9 Å². The molecule has 2 atom stereocenters. The van der Waals surface area contributed by atoms with Crippen molar-refractivity contribution in [1.82, 2.24) is 0 Å². The highest BCUT2D eigenvalue weighted by atomic mass is 35.5. The molecule has 1 aliphatic rings. The normalized spacial score (nSPS) is 30.4. The second-order valence-corrected chi connectivity index (χ2v) is 4.82. The Morgan fingerprint density at radius 1 is 1.50 bits per heavy atom. The summed E-state index contributed by atoms with van der Waals surface area (Å²) >= 11 is 11.9. The van der Waals surface area contributed by atoms with E-state index in [-0.39, 0.29) is 5.54 Å². The Bertz CT molecular complexity index is 364. The molecule has 1 nitrogen and oxygen atoms in total. The highest BCUT2D eigenvalue weighted by Crippen LogP contribution is 2.53. The van der Waals surface area contributed by atoms with Crippen LogP contribution in [-0.4, -0.2) is 0 Å². The van der Waals surface area contributed by atoms with E-state index < -0.39 is 0 Å². The van der Waals surface area contributed by atoms with Gasteiger partial charge in [-0.1, -0.05) is 42.6 Å². The monoisotopic (exact) mass is 229 g/mol. The van der Waals surface area contributed by atoms with Gasteiger partial charge in [0, 0.05) is 15.6 Å². The molecular formula is C11H13Cl2N. The summed E-state index contributed by atoms with van der Waals surface area (Å²) < 4.78 is 0. The van der Waals surface area contributed by atoms with Crippen LogP contribution in [0.4, 0.5) is 0 Å². The molecule has 2 N–H and O–H groups in total. The molecule has 0 heterocycles. The fraction of sp³-hybridized carbons (Fsp3) is 0.455. The summed E-state index contributed by atoms with van der Waals surface area (Å²) in [5.74, 6) is 0.571. The molecule has 0 aromatic heterocycles. The summed E-state index contributed by atoms with van der Waals surface area (Å²) in [6, 6.07) is 5.56. The molecule has 0 saturated heterocycles. The van der Waals surface area contributed by atoms with Gasteiger partial charge in [-0.15, -0.1) is 0 Å². The van der Waals surface area contributed by atoms with Crippen molar-refractivity contribution in [3.63, 3.8) is 0 Å². The predicted octanol–water partition coefficient (Wildman–Crippen LogP) is 3.58. The zero-order chi connectivity index (χ0) is 10.3. The molecule has 2 unspecified atom stereocenters. The van der Waals surface area contributed by atoms with E-state index in [1.54, 1.807) is 6.07 Å². The summed E-state index contributed by atoms with van der Waals surface area (Å²) in [6.45, 7) is 2.16. The highest BCUT2D eigenvalue weighted by Gasteiger charge is 2.51. The van der Waals surface area contributed by atoms with Crippen molar-refractivity contribution in [3.05, 3.63) is 33.8 Å². The Balaban J connectivity index is 2.34. The van der Waals surface area contributed by atoms with Gasteiger partial charge >= 0.3 is 0 Å². The molecule has 1 saturated carbocycles. The van der Waals surface area contributed by atoms with Gasteiger partial charge in [0.1, 0.15) is 0 Å². The van der Waals surface area contributed by atoms with Crippen LogP contribution in [0.2, 0.25) is 10.0 Å². The van der Waals surface area contributed by atoms with Gasteiger partial charge < -0.3 is 5.73 Å². The molecule has 76 valence electrons. The number of halogens is 2. The standard InChI is InChI=1S/C11H13Cl2N/c1-2-7-6-11(7,14)9-4-3-8(12)5-10(9)13/h3-5,7H,2,6,14H2,1H3. The molecule has 1 fully saturated rings. The Kier molecular flexibility index (Phi) is 2.50. The van der Waals surface area contributed by atoms with Gasteiger partial charge in [-0.25, -0.2) is 0 Å². The zero-order valence-electron chi connectivity index (χ0n) is 8.06. The summed E-state index contributed by atoms with van der Waals surface area (Å²) in [6.07, 6.45) is 2.14. The molecule has 2 rings (SSSR count). The van der Waals surface area contributed by atoms with Crippen molar-refractivity contribution in [2.24, 2.45) is 11.7 Å². The molecule has 14 heavy (non-hydrogen) atoms. The topological polar surface area (TPSA) is 26.0 Å². The van der Waals surface area contributed by atoms with Crippen LogP contribution in [0, 0.1) is 5.92 Å². The van der Waals surface area contributed by atoms with Crippen LogP contribution in [0.15, 0.2) is 18.2 Å². The maximum Gasteiger partial charge on any atom is 0.0471 e. The Morgan fingerprint density at radius 3 is 2.71 bits per heavy atom. The number of rotatable bonds is 2. The lowest BCUT2D eigenvalue weighted by Gasteiger charge is -2.13. The number of nitrogens with two attached hydrogens (primary N) is 1. The van der Waals surface area contributed by atoms with Crippen LogP contribution in [0.1, 0.15) is 25.3 Å². The smallest absolute Gasteiger partial charge is 0.0471 e. The van der Waals surface area contributed by atoms with Crippen molar-refractivity contribution in [3.8, 4) is 0 Å². The minimum atomic E-state index is -0.198. The Labute approximate surface area is 94.2 Å². The largest absolute Gasteiger partial charge is 0.321 e. The van der Waals surface area contributed by atoms with Crippen molar-refractivity contribution in [2.45, 2.75) is 25.3 Å². The number of hydrogen-bond donors (Lipinski definition) is 1. The van der Waals surface area contributed by atoms with E-state index in [0.29, 0.717) is 16.0 Å². The van der Waals surface area contributed by atoms with Gasteiger partial charge in [0.15, 0.2) is 0 Å². The summed E-state index contributed by atoms with van der Waals surface area (Å²) in [5, 5.41) is 1.35. The number of benzene rings is 1. The molecule has 1 aromatic carbocycles. The lowest BCUT2D eigenvalue weighted by molar-refractivity contribution is 0.615. The average Bonchev–Trinajstić information content (AvgIpc) is 2.77. The highest BCUT2D eigenvalue weighted by molar-refractivity contribution is 6.35. The van der Waals surface area contributed by atoms with Crippen LogP contribution in [0.3, 0.4) is 0 Å². The van der Waals surface area contributed by atoms with Crippen molar-refractivity contribution in [1.29, 1.82) is 0 Å². The summed E-state index contributed by atoms with van der Waals surface area (Å²) in [7, 11) is 0. The third-order valence-electron chi connectivity index (χ3n) is 3.08. The van der Waals surface area contributed by atoms with Gasteiger partial charge in [-0.2, -0.15) is 0 Å². The maximum atomic E-state index is 6.25. The van der Waals surface area contributed by atoms with Crippen molar-refractivity contribution in [2.75, 3.05) is 0 Å². The fourth-order valence-electron chi connectivity index (χ4n) is 2.05. The lowest BCUT2D eigenvalue weighted by Crippen LogP contribution is -2.22. The van der Waals surface area contributed by atoms with E-state index in [9.17, 15) is 0 Å². The molecule has 0 bridgehead atoms. The molecular weight excluding hydrogens is 217 g/mol. The Hall–Kier alpha value is -0.240. The fourth-order valence-corrected chi connectivity index (χ4v) is 2.64. The first-order chi connectivity index (χ1) is 6.58. The van der Waals surface area contributed by atoms with Crippen LogP contribution in [-0.2, 0) is 5.54 Å². The van der Waals surface area contributed by atoms with E-state index in [1.807, 2.05) is 12.1 Å². The molecule has 1 aromatic rings. The SMILES string of the molecule is CCC1CC1(N)c1ccc(Cl)cc1Cl. The minimum Gasteiger partial charge on any atom is -0.321 e. The maximum absolute atomic E-state index is 6.25. The Morgan fingerprint density at radius 2 is 2.21 bits per heavy atom. The molecule has 0 radical (unpaired) electrons. The van der Waals surface area contributed by atoms with E-state index >= 15 is 0 Å². The predicted molar refractivity (Wildman–Crippen MR) is 60.7 cm³/mol. The second kappa shape index (κ2) is 3.41. The average molecular weight is 230 g/mol. The molecule has 0 spiro atoms. The van der Waals surface area contributed by atoms with Crippen LogP contribution in [0.5, 0.6) is 0 Å². The van der Waals surface area contributed by atoms with E-state index in [0.717, 1.165) is 18.4 Å². The van der Waals surface area contributed by atoms with Gasteiger partial charge in [0.2, 0.25) is 0 Å². The molecule has 1 aliphatic carbocycles. The molecule has 0 amide bonds. The van der Waals surface area contributed by atoms with Crippen molar-refractivity contribution >= 4 is 23.2 Å². The zero-order valence-corrected chi connectivity index (χ0v) is 9.57. The first-order valence-corrected chi connectivity index (χ1v) is 5.58. The van der Waals surface area contributed by atoms with Gasteiger partial charge in [0.25, 0.3) is 0 Å². The third-order valence-corrected chi connectivity index (χ3v) is 3.63. The molecule has 3 heteroatoms. The second-order valence-electron chi connectivity index (χ2n) is 3.97. The first kappa shape index (κ1) is 10.3. The third kappa shape index (κ3) is 1.54. The minimum absolute atomic E-state index is 0.198. The van der Waals surface area contributed by atoms with E-state index in [1.165, 1.54) is 0 Å². The quantitative estimate of drug-likeness (QED) is 0.825. The first-order valence-electron chi connectivity index (χ1n) is 4.82. The van der Waals surface area contributed by atoms with Crippen molar-refractivity contribution < 1.29 is 0 Å².